The van der Waals surface area contributed by atoms with E-state index in [2.05, 4.69) is 42.6 Å². The van der Waals surface area contributed by atoms with Crippen LogP contribution in [0.15, 0.2) is 42.5 Å². The van der Waals surface area contributed by atoms with Gasteiger partial charge in [0, 0.05) is 12.5 Å². The molecular formula is C20H29NO2. The molecule has 3 nitrogen and oxygen atoms in total. The second kappa shape index (κ2) is 9.51. The number of aryl methyl sites for hydroxylation is 1. The summed E-state index contributed by atoms with van der Waals surface area (Å²) in [6.45, 7) is 2.10. The molecule has 1 aromatic carbocycles. The molecule has 0 aliphatic carbocycles. The lowest BCUT2D eigenvalue weighted by atomic mass is 9.95. The van der Waals surface area contributed by atoms with Gasteiger partial charge in [-0.2, -0.15) is 0 Å². The Morgan fingerprint density at radius 1 is 1.26 bits per heavy atom. The highest BCUT2D eigenvalue weighted by atomic mass is 16.3. The Balaban J connectivity index is 1.57. The minimum Gasteiger partial charge on any atom is -0.389 e. The van der Waals surface area contributed by atoms with Gasteiger partial charge >= 0.3 is 0 Å². The Labute approximate surface area is 139 Å². The molecule has 2 rings (SSSR count). The number of nitrogens with one attached hydrogen (secondary N) is 1. The molecule has 1 aromatic rings. The van der Waals surface area contributed by atoms with E-state index in [-0.39, 0.29) is 17.9 Å². The third kappa shape index (κ3) is 6.57. The Kier molecular flexibility index (Phi) is 7.34. The molecule has 23 heavy (non-hydrogen) atoms. The van der Waals surface area contributed by atoms with Crippen LogP contribution in [0.25, 0.3) is 0 Å². The second-order valence-corrected chi connectivity index (χ2v) is 6.65. The Bertz CT molecular complexity index is 498. The SMILES string of the molecule is C[C@H](CCCCCc1ccccc1)[C@@H](O)/C=C/[C@H]1CCC(=O)N1. The van der Waals surface area contributed by atoms with Crippen molar-refractivity contribution in [2.75, 3.05) is 0 Å². The van der Waals surface area contributed by atoms with Crippen molar-refractivity contribution in [3.8, 4) is 0 Å². The second-order valence-electron chi connectivity index (χ2n) is 6.65. The number of carbonyl (C=O) groups excluding carboxylic acids is 1. The van der Waals surface area contributed by atoms with E-state index in [4.69, 9.17) is 0 Å². The summed E-state index contributed by atoms with van der Waals surface area (Å²) in [7, 11) is 0. The first-order valence-electron chi connectivity index (χ1n) is 8.85. The van der Waals surface area contributed by atoms with Gasteiger partial charge in [-0.3, -0.25) is 4.79 Å². The molecule has 0 unspecified atom stereocenters. The summed E-state index contributed by atoms with van der Waals surface area (Å²) in [5, 5.41) is 13.1. The number of amides is 1. The van der Waals surface area contributed by atoms with Crippen LogP contribution in [0.1, 0.15) is 51.0 Å². The van der Waals surface area contributed by atoms with Gasteiger partial charge in [0.05, 0.1) is 6.10 Å². The average Bonchev–Trinajstić information content (AvgIpc) is 2.98. The molecule has 3 atom stereocenters. The summed E-state index contributed by atoms with van der Waals surface area (Å²) in [4.78, 5) is 11.1. The number of benzene rings is 1. The highest BCUT2D eigenvalue weighted by Gasteiger charge is 2.18. The zero-order valence-corrected chi connectivity index (χ0v) is 14.1. The van der Waals surface area contributed by atoms with Gasteiger partial charge in [0.15, 0.2) is 0 Å². The van der Waals surface area contributed by atoms with E-state index in [1.54, 1.807) is 0 Å². The molecule has 1 aliphatic rings. The maximum absolute atomic E-state index is 11.1. The zero-order valence-electron chi connectivity index (χ0n) is 14.1. The third-order valence-electron chi connectivity index (χ3n) is 4.62. The molecular weight excluding hydrogens is 286 g/mol. The molecule has 0 spiro atoms. The first kappa shape index (κ1) is 17.7. The predicted octanol–water partition coefficient (Wildman–Crippen LogP) is 3.62. The standard InChI is InChI=1S/C20H29NO2/c1-16(19(22)14-12-18-13-15-20(23)21-18)8-4-2-5-9-17-10-6-3-7-11-17/h3,6-7,10-12,14,16,18-19,22H,2,4-5,8-9,13,15H2,1H3,(H,21,23)/b14-12+/t16-,18+,19+/m1/s1. The number of aliphatic hydroxyl groups is 1. The van der Waals surface area contributed by atoms with Crippen LogP contribution in [-0.2, 0) is 11.2 Å². The molecule has 1 saturated heterocycles. The molecule has 0 bridgehead atoms. The monoisotopic (exact) mass is 315 g/mol. The smallest absolute Gasteiger partial charge is 0.220 e. The minimum atomic E-state index is -0.415. The molecule has 1 fully saturated rings. The van der Waals surface area contributed by atoms with Crippen LogP contribution in [0.2, 0.25) is 0 Å². The largest absolute Gasteiger partial charge is 0.389 e. The van der Waals surface area contributed by atoms with E-state index in [0.29, 0.717) is 6.42 Å². The van der Waals surface area contributed by atoms with E-state index >= 15 is 0 Å². The fourth-order valence-corrected chi connectivity index (χ4v) is 3.01. The third-order valence-corrected chi connectivity index (χ3v) is 4.62. The molecule has 2 N–H and O–H groups in total. The number of unbranched alkanes of at least 4 members (excludes halogenated alkanes) is 2. The van der Waals surface area contributed by atoms with Crippen LogP contribution in [0.3, 0.4) is 0 Å². The average molecular weight is 315 g/mol. The van der Waals surface area contributed by atoms with Crippen LogP contribution in [0.4, 0.5) is 0 Å². The number of aliphatic hydroxyl groups excluding tert-OH is 1. The highest BCUT2D eigenvalue weighted by Crippen LogP contribution is 2.17. The molecule has 1 heterocycles. The van der Waals surface area contributed by atoms with Crippen molar-refractivity contribution < 1.29 is 9.90 Å². The summed E-state index contributed by atoms with van der Waals surface area (Å²) in [6, 6.07) is 10.7. The maximum atomic E-state index is 11.1. The molecule has 126 valence electrons. The summed E-state index contributed by atoms with van der Waals surface area (Å²) in [5.74, 6) is 0.376. The first-order chi connectivity index (χ1) is 11.1. The van der Waals surface area contributed by atoms with Gasteiger partial charge in [0.1, 0.15) is 0 Å². The topological polar surface area (TPSA) is 49.3 Å². The lowest BCUT2D eigenvalue weighted by Crippen LogP contribution is -2.24. The molecule has 0 radical (unpaired) electrons. The Hall–Kier alpha value is -1.61. The molecule has 1 amide bonds. The van der Waals surface area contributed by atoms with Gasteiger partial charge in [0.2, 0.25) is 5.91 Å². The number of hydrogen-bond acceptors (Lipinski definition) is 2. The van der Waals surface area contributed by atoms with E-state index in [1.165, 1.54) is 18.4 Å². The van der Waals surface area contributed by atoms with E-state index in [1.807, 2.05) is 12.2 Å². The van der Waals surface area contributed by atoms with Crippen LogP contribution >= 0.6 is 0 Å². The highest BCUT2D eigenvalue weighted by molar-refractivity contribution is 5.78. The fraction of sp³-hybridized carbons (Fsp3) is 0.550. The lowest BCUT2D eigenvalue weighted by Gasteiger charge is -2.16. The molecule has 0 saturated carbocycles. The van der Waals surface area contributed by atoms with Gasteiger partial charge in [-0.1, -0.05) is 62.2 Å². The van der Waals surface area contributed by atoms with Crippen LogP contribution < -0.4 is 5.32 Å². The lowest BCUT2D eigenvalue weighted by molar-refractivity contribution is -0.119. The van der Waals surface area contributed by atoms with Crippen LogP contribution in [0, 0.1) is 5.92 Å². The summed E-state index contributed by atoms with van der Waals surface area (Å²) in [6.07, 6.45) is 10.6. The fourth-order valence-electron chi connectivity index (χ4n) is 3.01. The zero-order chi connectivity index (χ0) is 16.5. The summed E-state index contributed by atoms with van der Waals surface area (Å²) < 4.78 is 0. The normalized spacial score (nSPS) is 20.6. The van der Waals surface area contributed by atoms with Gasteiger partial charge in [-0.25, -0.2) is 0 Å². The summed E-state index contributed by atoms with van der Waals surface area (Å²) in [5.41, 5.74) is 1.40. The number of hydrogen-bond donors (Lipinski definition) is 2. The molecule has 0 aromatic heterocycles. The summed E-state index contributed by atoms with van der Waals surface area (Å²) >= 11 is 0. The van der Waals surface area contributed by atoms with Crippen LogP contribution in [0.5, 0.6) is 0 Å². The maximum Gasteiger partial charge on any atom is 0.220 e. The van der Waals surface area contributed by atoms with E-state index < -0.39 is 6.10 Å². The number of carbonyl (C=O) groups is 1. The van der Waals surface area contributed by atoms with Crippen molar-refractivity contribution in [1.82, 2.24) is 5.32 Å². The number of rotatable bonds is 9. The Morgan fingerprint density at radius 2 is 2.04 bits per heavy atom. The Morgan fingerprint density at radius 3 is 2.74 bits per heavy atom. The van der Waals surface area contributed by atoms with Crippen molar-refractivity contribution >= 4 is 5.91 Å². The van der Waals surface area contributed by atoms with E-state index in [9.17, 15) is 9.90 Å². The van der Waals surface area contributed by atoms with Gasteiger partial charge in [0.25, 0.3) is 0 Å². The van der Waals surface area contributed by atoms with Crippen molar-refractivity contribution in [2.45, 2.75) is 64.0 Å². The first-order valence-corrected chi connectivity index (χ1v) is 8.85. The molecule has 3 heteroatoms. The molecule has 1 aliphatic heterocycles. The van der Waals surface area contributed by atoms with Gasteiger partial charge < -0.3 is 10.4 Å². The van der Waals surface area contributed by atoms with Gasteiger partial charge in [-0.15, -0.1) is 0 Å². The van der Waals surface area contributed by atoms with Gasteiger partial charge in [-0.05, 0) is 37.2 Å². The quantitative estimate of drug-likeness (QED) is 0.540. The van der Waals surface area contributed by atoms with E-state index in [0.717, 1.165) is 25.7 Å². The predicted molar refractivity (Wildman–Crippen MR) is 94.1 cm³/mol. The van der Waals surface area contributed by atoms with Crippen molar-refractivity contribution in [2.24, 2.45) is 5.92 Å². The van der Waals surface area contributed by atoms with Crippen molar-refractivity contribution in [3.05, 3.63) is 48.0 Å². The van der Waals surface area contributed by atoms with Crippen molar-refractivity contribution in [1.29, 1.82) is 0 Å². The van der Waals surface area contributed by atoms with Crippen LogP contribution in [-0.4, -0.2) is 23.2 Å². The van der Waals surface area contributed by atoms with Crippen molar-refractivity contribution in [3.63, 3.8) is 0 Å². The minimum absolute atomic E-state index is 0.107.